The first-order chi connectivity index (χ1) is 11.5. The number of amides is 1. The van der Waals surface area contributed by atoms with Gasteiger partial charge >= 0.3 is 0 Å². The first kappa shape index (κ1) is 17.5. The fourth-order valence-corrected chi connectivity index (χ4v) is 2.06. The monoisotopic (exact) mass is 351 g/mol. The Labute approximate surface area is 142 Å². The van der Waals surface area contributed by atoms with E-state index in [4.69, 9.17) is 21.1 Å². The smallest absolute Gasteiger partial charge is 0.286 e. The van der Waals surface area contributed by atoms with Gasteiger partial charge < -0.3 is 14.8 Å². The average molecular weight is 352 g/mol. The zero-order valence-corrected chi connectivity index (χ0v) is 13.7. The molecule has 9 heteroatoms. The third-order valence-corrected chi connectivity index (χ3v) is 3.22. The molecule has 0 unspecified atom stereocenters. The van der Waals surface area contributed by atoms with Crippen molar-refractivity contribution in [3.63, 3.8) is 0 Å². The number of hydrogen-bond acceptors (Lipinski definition) is 6. The van der Waals surface area contributed by atoms with Crippen molar-refractivity contribution in [2.75, 3.05) is 19.0 Å². The molecular weight excluding hydrogens is 338 g/mol. The summed E-state index contributed by atoms with van der Waals surface area (Å²) in [6, 6.07) is 5.44. The van der Waals surface area contributed by atoms with E-state index in [2.05, 4.69) is 10.3 Å². The summed E-state index contributed by atoms with van der Waals surface area (Å²) in [5.41, 5.74) is -0.567. The predicted molar refractivity (Wildman–Crippen MR) is 88.0 cm³/mol. The van der Waals surface area contributed by atoms with Crippen molar-refractivity contribution in [2.24, 2.45) is 0 Å². The molecule has 0 spiro atoms. The van der Waals surface area contributed by atoms with E-state index in [0.717, 1.165) is 6.07 Å². The van der Waals surface area contributed by atoms with Crippen LogP contribution in [0, 0.1) is 10.1 Å². The second-order valence-electron chi connectivity index (χ2n) is 4.53. The molecule has 8 nitrogen and oxygen atoms in total. The molecule has 2 rings (SSSR count). The lowest BCUT2D eigenvalue weighted by molar-refractivity contribution is -0.385. The summed E-state index contributed by atoms with van der Waals surface area (Å²) >= 11 is 5.73. The highest BCUT2D eigenvalue weighted by Gasteiger charge is 2.25. The van der Waals surface area contributed by atoms with E-state index in [1.54, 1.807) is 6.92 Å². The average Bonchev–Trinajstić information content (AvgIpc) is 2.56. The number of nitrogens with zero attached hydrogens (tertiary/aromatic N) is 2. The molecule has 0 aliphatic carbocycles. The van der Waals surface area contributed by atoms with Crippen molar-refractivity contribution >= 4 is 29.0 Å². The lowest BCUT2D eigenvalue weighted by atomic mass is 10.1. The Morgan fingerprint density at radius 3 is 2.67 bits per heavy atom. The van der Waals surface area contributed by atoms with Gasteiger partial charge in [-0.05, 0) is 19.1 Å². The summed E-state index contributed by atoms with van der Waals surface area (Å²) in [6.07, 6.45) is 1.35. The molecule has 0 radical (unpaired) electrons. The molecule has 1 aromatic carbocycles. The Balaban J connectivity index is 2.42. The molecule has 0 bridgehead atoms. The van der Waals surface area contributed by atoms with E-state index in [1.165, 1.54) is 31.5 Å². The third kappa shape index (κ3) is 3.90. The van der Waals surface area contributed by atoms with E-state index in [-0.39, 0.29) is 22.9 Å². The number of carbonyl (C=O) groups excluding carboxylic acids is 1. The van der Waals surface area contributed by atoms with Gasteiger partial charge in [-0.25, -0.2) is 4.98 Å². The number of hydrogen-bond donors (Lipinski definition) is 1. The van der Waals surface area contributed by atoms with Gasteiger partial charge in [-0.2, -0.15) is 0 Å². The van der Waals surface area contributed by atoms with Crippen LogP contribution in [-0.2, 0) is 0 Å². The van der Waals surface area contributed by atoms with Crippen molar-refractivity contribution in [3.05, 3.63) is 51.2 Å². The molecule has 0 fully saturated rings. The van der Waals surface area contributed by atoms with E-state index >= 15 is 0 Å². The fraction of sp³-hybridized carbons (Fsp3) is 0.200. The highest BCUT2D eigenvalue weighted by Crippen LogP contribution is 2.35. The molecule has 0 saturated heterocycles. The van der Waals surface area contributed by atoms with Crippen LogP contribution in [0.5, 0.6) is 11.5 Å². The molecule has 1 heterocycles. The molecule has 2 aromatic rings. The minimum Gasteiger partial charge on any atom is -0.493 e. The molecule has 0 atom stereocenters. The largest absolute Gasteiger partial charge is 0.493 e. The summed E-state index contributed by atoms with van der Waals surface area (Å²) in [7, 11) is 1.36. The molecule has 1 aromatic heterocycles. The summed E-state index contributed by atoms with van der Waals surface area (Å²) in [5, 5.41) is 14.1. The van der Waals surface area contributed by atoms with Crippen LogP contribution in [0.25, 0.3) is 0 Å². The van der Waals surface area contributed by atoms with E-state index in [1.807, 2.05) is 0 Å². The number of nitro benzene ring substituents is 1. The molecule has 1 N–H and O–H groups in total. The summed E-state index contributed by atoms with van der Waals surface area (Å²) in [6.45, 7) is 2.06. The van der Waals surface area contributed by atoms with Gasteiger partial charge in [0.1, 0.15) is 11.4 Å². The Hall–Kier alpha value is -2.87. The van der Waals surface area contributed by atoms with Gasteiger partial charge in [-0.1, -0.05) is 11.6 Å². The van der Waals surface area contributed by atoms with Gasteiger partial charge in [0, 0.05) is 12.3 Å². The van der Waals surface area contributed by atoms with Gasteiger partial charge in [0.2, 0.25) is 0 Å². The fourth-order valence-electron chi connectivity index (χ4n) is 1.94. The van der Waals surface area contributed by atoms with Gasteiger partial charge in [0.05, 0.1) is 29.7 Å². The van der Waals surface area contributed by atoms with Gasteiger partial charge in [0.25, 0.3) is 11.6 Å². The number of nitrogens with one attached hydrogen (secondary N) is 1. The number of rotatable bonds is 6. The number of carbonyl (C=O) groups is 1. The zero-order valence-electron chi connectivity index (χ0n) is 12.9. The van der Waals surface area contributed by atoms with Crippen LogP contribution in [0.1, 0.15) is 17.3 Å². The standard InChI is InChI=1S/C15H14ClN3O5/c1-3-24-13-6-10(11(19(21)22)7-12(13)23-2)15(20)18-14-5-4-9(16)8-17-14/h4-8H,3H2,1-2H3,(H,17,18,20). The molecule has 0 aliphatic rings. The summed E-state index contributed by atoms with van der Waals surface area (Å²) in [5.74, 6) is -0.0721. The Morgan fingerprint density at radius 1 is 1.38 bits per heavy atom. The highest BCUT2D eigenvalue weighted by atomic mass is 35.5. The third-order valence-electron chi connectivity index (χ3n) is 2.99. The SMILES string of the molecule is CCOc1cc(C(=O)Nc2ccc(Cl)cn2)c([N+](=O)[O-])cc1OC. The van der Waals surface area contributed by atoms with Crippen LogP contribution < -0.4 is 14.8 Å². The molecule has 1 amide bonds. The first-order valence-electron chi connectivity index (χ1n) is 6.88. The molecule has 126 valence electrons. The number of methoxy groups -OCH3 is 1. The topological polar surface area (TPSA) is 104 Å². The first-order valence-corrected chi connectivity index (χ1v) is 7.26. The van der Waals surface area contributed by atoms with Crippen LogP contribution in [-0.4, -0.2) is 29.5 Å². The van der Waals surface area contributed by atoms with E-state index < -0.39 is 16.5 Å². The number of ether oxygens (including phenoxy) is 2. The number of aromatic nitrogens is 1. The molecule has 24 heavy (non-hydrogen) atoms. The number of nitro groups is 1. The van der Waals surface area contributed by atoms with Gasteiger partial charge in [-0.3, -0.25) is 14.9 Å². The second-order valence-corrected chi connectivity index (χ2v) is 4.96. The maximum Gasteiger partial charge on any atom is 0.286 e. The minimum absolute atomic E-state index is 0.166. The Kier molecular flexibility index (Phi) is 5.54. The predicted octanol–water partition coefficient (Wildman–Crippen LogP) is 3.30. The van der Waals surface area contributed by atoms with Crippen LogP contribution in [0.4, 0.5) is 11.5 Å². The number of halogens is 1. The Bertz CT molecular complexity index is 764. The van der Waals surface area contributed by atoms with Crippen LogP contribution >= 0.6 is 11.6 Å². The molecule has 0 aliphatic heterocycles. The minimum atomic E-state index is -0.694. The summed E-state index contributed by atoms with van der Waals surface area (Å²) < 4.78 is 10.4. The van der Waals surface area contributed by atoms with Crippen LogP contribution in [0.3, 0.4) is 0 Å². The van der Waals surface area contributed by atoms with Crippen molar-refractivity contribution in [1.82, 2.24) is 4.98 Å². The highest BCUT2D eigenvalue weighted by molar-refractivity contribution is 6.30. The van der Waals surface area contributed by atoms with Crippen molar-refractivity contribution in [3.8, 4) is 11.5 Å². The van der Waals surface area contributed by atoms with Crippen LogP contribution in [0.15, 0.2) is 30.5 Å². The number of pyridine rings is 1. The second kappa shape index (κ2) is 7.60. The maximum atomic E-state index is 12.4. The van der Waals surface area contributed by atoms with Crippen molar-refractivity contribution in [1.29, 1.82) is 0 Å². The lowest BCUT2D eigenvalue weighted by Crippen LogP contribution is -2.15. The normalized spacial score (nSPS) is 10.1. The maximum absolute atomic E-state index is 12.4. The Morgan fingerprint density at radius 2 is 2.12 bits per heavy atom. The van der Waals surface area contributed by atoms with Gasteiger partial charge in [0.15, 0.2) is 11.5 Å². The van der Waals surface area contributed by atoms with Gasteiger partial charge in [-0.15, -0.1) is 0 Å². The summed E-state index contributed by atoms with van der Waals surface area (Å²) in [4.78, 5) is 26.9. The number of benzene rings is 1. The van der Waals surface area contributed by atoms with Crippen LogP contribution in [0.2, 0.25) is 5.02 Å². The van der Waals surface area contributed by atoms with Crippen molar-refractivity contribution in [2.45, 2.75) is 6.92 Å². The van der Waals surface area contributed by atoms with Crippen molar-refractivity contribution < 1.29 is 19.2 Å². The van der Waals surface area contributed by atoms with E-state index in [9.17, 15) is 14.9 Å². The quantitative estimate of drug-likeness (QED) is 0.632. The molecular formula is C15H14ClN3O5. The number of anilines is 1. The molecule has 0 saturated carbocycles. The lowest BCUT2D eigenvalue weighted by Gasteiger charge is -2.12. The zero-order chi connectivity index (χ0) is 17.7. The van der Waals surface area contributed by atoms with E-state index in [0.29, 0.717) is 11.6 Å².